The van der Waals surface area contributed by atoms with Crippen LogP contribution in [0.1, 0.15) is 16.7 Å². The van der Waals surface area contributed by atoms with Gasteiger partial charge < -0.3 is 15.4 Å². The van der Waals surface area contributed by atoms with Gasteiger partial charge in [-0.2, -0.15) is 5.53 Å². The summed E-state index contributed by atoms with van der Waals surface area (Å²) in [6.07, 6.45) is -0.276. The summed E-state index contributed by atoms with van der Waals surface area (Å²) in [5.74, 6) is 0.667. The van der Waals surface area contributed by atoms with Crippen LogP contribution in [0.4, 0.5) is 5.69 Å². The number of methoxy groups -OCH3 is 1. The smallest absolute Gasteiger partial charge is 0.242 e. The highest BCUT2D eigenvalue weighted by Gasteiger charge is 2.32. The van der Waals surface area contributed by atoms with Crippen LogP contribution < -0.4 is 31.8 Å². The molecule has 0 bridgehead atoms. The van der Waals surface area contributed by atoms with Crippen molar-refractivity contribution in [1.29, 1.82) is 0 Å². The second kappa shape index (κ2) is 8.18. The molecule has 3 rings (SSSR count). The third-order valence-electron chi connectivity index (χ3n) is 4.50. The first-order valence-corrected chi connectivity index (χ1v) is 8.57. The molecule has 1 aliphatic heterocycles. The Kier molecular flexibility index (Phi) is 5.72. The van der Waals surface area contributed by atoms with Crippen LogP contribution in [0.25, 0.3) is 0 Å². The van der Waals surface area contributed by atoms with Crippen LogP contribution >= 0.6 is 0 Å². The van der Waals surface area contributed by atoms with Gasteiger partial charge in [0, 0.05) is 12.2 Å². The highest BCUT2D eigenvalue weighted by atomic mass is 16.5. The normalized spacial score (nSPS) is 19.2. The van der Waals surface area contributed by atoms with Crippen molar-refractivity contribution in [2.24, 2.45) is 0 Å². The van der Waals surface area contributed by atoms with E-state index in [4.69, 9.17) is 4.74 Å². The lowest BCUT2D eigenvalue weighted by Crippen LogP contribution is -2.50. The Morgan fingerprint density at radius 2 is 1.96 bits per heavy atom. The molecule has 1 aliphatic rings. The Bertz CT molecular complexity index is 780. The van der Waals surface area contributed by atoms with Crippen LogP contribution in [0.5, 0.6) is 5.75 Å². The van der Waals surface area contributed by atoms with Gasteiger partial charge in [-0.15, -0.1) is 0 Å². The number of carbonyl (C=O) groups is 1. The van der Waals surface area contributed by atoms with E-state index in [9.17, 15) is 4.79 Å². The number of hydrogen-bond acceptors (Lipinski definition) is 6. The molecule has 0 aliphatic carbocycles. The largest absolute Gasteiger partial charge is 0.497 e. The molecule has 0 spiro atoms. The summed E-state index contributed by atoms with van der Waals surface area (Å²) in [5.41, 5.74) is 13.2. The summed E-state index contributed by atoms with van der Waals surface area (Å²) in [4.78, 5) is 12.6. The van der Waals surface area contributed by atoms with Gasteiger partial charge in [0.1, 0.15) is 18.0 Å². The highest BCUT2D eigenvalue weighted by Crippen LogP contribution is 2.16. The van der Waals surface area contributed by atoms with E-state index in [0.717, 1.165) is 17.0 Å². The molecule has 1 amide bonds. The average Bonchev–Trinajstić information content (AvgIpc) is 3.11. The molecule has 2 unspecified atom stereocenters. The van der Waals surface area contributed by atoms with Crippen molar-refractivity contribution in [2.75, 3.05) is 12.4 Å². The Labute approximate surface area is 153 Å². The molecule has 0 aromatic heterocycles. The van der Waals surface area contributed by atoms with Crippen molar-refractivity contribution >= 4 is 11.6 Å². The molecule has 7 heteroatoms. The van der Waals surface area contributed by atoms with Crippen molar-refractivity contribution in [1.82, 2.24) is 21.7 Å². The molecule has 1 heterocycles. The van der Waals surface area contributed by atoms with E-state index >= 15 is 0 Å². The fourth-order valence-electron chi connectivity index (χ4n) is 2.79. The van der Waals surface area contributed by atoms with Crippen molar-refractivity contribution in [3.8, 4) is 5.75 Å². The molecule has 2 atom stereocenters. The minimum atomic E-state index is -0.456. The Hall–Kier alpha value is -2.61. The Morgan fingerprint density at radius 3 is 2.73 bits per heavy atom. The summed E-state index contributed by atoms with van der Waals surface area (Å²) in [6.45, 7) is 4.58. The van der Waals surface area contributed by atoms with Crippen LogP contribution in [0, 0.1) is 13.8 Å². The van der Waals surface area contributed by atoms with Crippen LogP contribution in [0.3, 0.4) is 0 Å². The van der Waals surface area contributed by atoms with E-state index in [1.54, 1.807) is 7.11 Å². The lowest BCUT2D eigenvalue weighted by molar-refractivity contribution is -0.123. The molecule has 26 heavy (non-hydrogen) atoms. The van der Waals surface area contributed by atoms with E-state index in [1.165, 1.54) is 11.1 Å². The molecule has 5 N–H and O–H groups in total. The fourth-order valence-corrected chi connectivity index (χ4v) is 2.79. The minimum absolute atomic E-state index is 0.105. The Morgan fingerprint density at radius 1 is 1.12 bits per heavy atom. The van der Waals surface area contributed by atoms with Crippen molar-refractivity contribution < 1.29 is 9.53 Å². The fraction of sp³-hybridized carbons (Fsp3) is 0.316. The number of nitrogens with one attached hydrogen (secondary N) is 5. The second-order valence-corrected chi connectivity index (χ2v) is 6.38. The first-order valence-electron chi connectivity index (χ1n) is 8.57. The lowest BCUT2D eigenvalue weighted by Gasteiger charge is -2.20. The maximum absolute atomic E-state index is 12.6. The van der Waals surface area contributed by atoms with Crippen LogP contribution in [-0.4, -0.2) is 25.2 Å². The van der Waals surface area contributed by atoms with Crippen molar-refractivity contribution in [3.63, 3.8) is 0 Å². The molecule has 2 aromatic rings. The number of aryl methyl sites for hydroxylation is 2. The summed E-state index contributed by atoms with van der Waals surface area (Å²) < 4.78 is 5.21. The SMILES string of the molecule is COc1cccc(CNC(=O)C2NNNC2Nc2ccc(C)c(C)c2)c1. The number of rotatable bonds is 6. The van der Waals surface area contributed by atoms with Gasteiger partial charge in [0.15, 0.2) is 0 Å². The summed E-state index contributed by atoms with van der Waals surface area (Å²) in [7, 11) is 1.63. The molecule has 138 valence electrons. The average molecular weight is 355 g/mol. The lowest BCUT2D eigenvalue weighted by atomic mass is 10.1. The number of ether oxygens (including phenoxy) is 1. The van der Waals surface area contributed by atoms with Crippen LogP contribution in [0.15, 0.2) is 42.5 Å². The van der Waals surface area contributed by atoms with E-state index in [-0.39, 0.29) is 12.1 Å². The monoisotopic (exact) mass is 355 g/mol. The summed E-state index contributed by atoms with van der Waals surface area (Å²) in [5, 5.41) is 6.29. The standard InChI is InChI=1S/C19H25N5O2/c1-12-7-8-15(9-13(12)2)21-18-17(22-24-23-18)19(25)20-11-14-5-4-6-16(10-14)26-3/h4-10,17-18,21-24H,11H2,1-3H3,(H,20,25). The number of amides is 1. The molecule has 0 radical (unpaired) electrons. The molecule has 0 saturated carbocycles. The predicted octanol–water partition coefficient (Wildman–Crippen LogP) is 1.35. The van der Waals surface area contributed by atoms with E-state index in [0.29, 0.717) is 6.54 Å². The second-order valence-electron chi connectivity index (χ2n) is 6.38. The molecular weight excluding hydrogens is 330 g/mol. The summed E-state index contributed by atoms with van der Waals surface area (Å²) in [6, 6.07) is 13.3. The molecular formula is C19H25N5O2. The third-order valence-corrected chi connectivity index (χ3v) is 4.50. The Balaban J connectivity index is 1.59. The van der Waals surface area contributed by atoms with Gasteiger partial charge >= 0.3 is 0 Å². The number of hydrazine groups is 2. The summed E-state index contributed by atoms with van der Waals surface area (Å²) >= 11 is 0. The molecule has 1 fully saturated rings. The zero-order valence-corrected chi connectivity index (χ0v) is 15.2. The number of benzene rings is 2. The molecule has 7 nitrogen and oxygen atoms in total. The zero-order chi connectivity index (χ0) is 18.5. The van der Waals surface area contributed by atoms with E-state index in [1.807, 2.05) is 30.3 Å². The van der Waals surface area contributed by atoms with Crippen LogP contribution in [-0.2, 0) is 11.3 Å². The zero-order valence-electron chi connectivity index (χ0n) is 15.2. The topological polar surface area (TPSA) is 86.5 Å². The van der Waals surface area contributed by atoms with Gasteiger partial charge in [0.2, 0.25) is 5.91 Å². The quantitative estimate of drug-likeness (QED) is 0.538. The molecule has 1 saturated heterocycles. The predicted molar refractivity (Wildman–Crippen MR) is 101 cm³/mol. The maximum Gasteiger partial charge on any atom is 0.242 e. The van der Waals surface area contributed by atoms with E-state index in [2.05, 4.69) is 53.0 Å². The number of carbonyl (C=O) groups excluding carboxylic acids is 1. The van der Waals surface area contributed by atoms with E-state index < -0.39 is 6.04 Å². The van der Waals surface area contributed by atoms with Gasteiger partial charge in [-0.25, -0.2) is 10.9 Å². The van der Waals surface area contributed by atoms with Gasteiger partial charge in [0.05, 0.1) is 7.11 Å². The highest BCUT2D eigenvalue weighted by molar-refractivity contribution is 5.83. The number of anilines is 1. The van der Waals surface area contributed by atoms with Gasteiger partial charge in [-0.1, -0.05) is 18.2 Å². The maximum atomic E-state index is 12.6. The first-order chi connectivity index (χ1) is 12.6. The first kappa shape index (κ1) is 18.2. The van der Waals surface area contributed by atoms with Crippen molar-refractivity contribution in [3.05, 3.63) is 59.2 Å². The number of hydrogen-bond donors (Lipinski definition) is 5. The minimum Gasteiger partial charge on any atom is -0.497 e. The van der Waals surface area contributed by atoms with Crippen molar-refractivity contribution in [2.45, 2.75) is 32.6 Å². The molecule has 2 aromatic carbocycles. The van der Waals surface area contributed by atoms with Gasteiger partial charge in [0.25, 0.3) is 0 Å². The van der Waals surface area contributed by atoms with Gasteiger partial charge in [-0.3, -0.25) is 4.79 Å². The van der Waals surface area contributed by atoms with Crippen LogP contribution in [0.2, 0.25) is 0 Å². The third kappa shape index (κ3) is 4.32. The van der Waals surface area contributed by atoms with Gasteiger partial charge in [-0.05, 0) is 54.8 Å².